The number of aromatic nitrogens is 2. The molecule has 0 unspecified atom stereocenters. The summed E-state index contributed by atoms with van der Waals surface area (Å²) in [5, 5.41) is 2.99. The topological polar surface area (TPSA) is 55.6 Å². The second-order valence-electron chi connectivity index (χ2n) is 6.28. The Hall–Kier alpha value is -3.60. The lowest BCUT2D eigenvalue weighted by atomic mass is 10.1. The average molecular weight is 357 g/mol. The first-order valence-corrected chi connectivity index (χ1v) is 8.65. The molecule has 5 nitrogen and oxygen atoms in total. The maximum absolute atomic E-state index is 12.7. The van der Waals surface area contributed by atoms with E-state index in [1.807, 2.05) is 72.2 Å². The van der Waals surface area contributed by atoms with Gasteiger partial charge in [0.25, 0.3) is 5.91 Å². The van der Waals surface area contributed by atoms with Crippen molar-refractivity contribution in [2.45, 2.75) is 6.92 Å². The summed E-state index contributed by atoms with van der Waals surface area (Å²) in [6.07, 6.45) is 3.94. The van der Waals surface area contributed by atoms with Crippen LogP contribution in [0.15, 0.2) is 73.1 Å². The minimum absolute atomic E-state index is 0.206. The number of fused-ring (bicyclic) bond motifs is 1. The molecular formula is C22H19N3O2. The smallest absolute Gasteiger partial charge is 0.259 e. The number of imidazole rings is 1. The summed E-state index contributed by atoms with van der Waals surface area (Å²) in [5.41, 5.74) is 4.91. The van der Waals surface area contributed by atoms with E-state index in [2.05, 4.69) is 10.3 Å². The lowest BCUT2D eigenvalue weighted by molar-refractivity contribution is 0.102. The number of para-hydroxylation sites is 1. The van der Waals surface area contributed by atoms with E-state index in [1.54, 1.807) is 19.2 Å². The van der Waals surface area contributed by atoms with Crippen molar-refractivity contribution >= 4 is 17.2 Å². The first-order chi connectivity index (χ1) is 13.2. The fraction of sp³-hybridized carbons (Fsp3) is 0.0909. The van der Waals surface area contributed by atoms with Gasteiger partial charge < -0.3 is 14.5 Å². The number of nitrogens with zero attached hydrogens (tertiary/aromatic N) is 2. The lowest BCUT2D eigenvalue weighted by Crippen LogP contribution is -2.14. The Morgan fingerprint density at radius 2 is 1.89 bits per heavy atom. The number of ether oxygens (including phenoxy) is 1. The highest BCUT2D eigenvalue weighted by atomic mass is 16.5. The molecular weight excluding hydrogens is 338 g/mol. The molecule has 1 N–H and O–H groups in total. The summed E-state index contributed by atoms with van der Waals surface area (Å²) in [7, 11) is 1.56. The fourth-order valence-electron chi connectivity index (χ4n) is 3.01. The number of carbonyl (C=O) groups is 1. The number of methoxy groups -OCH3 is 1. The largest absolute Gasteiger partial charge is 0.496 e. The van der Waals surface area contributed by atoms with Crippen molar-refractivity contribution in [1.29, 1.82) is 0 Å². The van der Waals surface area contributed by atoms with Gasteiger partial charge in [-0.25, -0.2) is 4.98 Å². The van der Waals surface area contributed by atoms with Gasteiger partial charge in [0.05, 0.1) is 18.4 Å². The van der Waals surface area contributed by atoms with Crippen LogP contribution in [0, 0.1) is 6.92 Å². The van der Waals surface area contributed by atoms with Crippen LogP contribution in [0.25, 0.3) is 16.9 Å². The van der Waals surface area contributed by atoms with Gasteiger partial charge in [0.2, 0.25) is 0 Å². The fourth-order valence-corrected chi connectivity index (χ4v) is 3.01. The van der Waals surface area contributed by atoms with Crippen molar-refractivity contribution in [2.24, 2.45) is 0 Å². The Morgan fingerprint density at radius 1 is 1.07 bits per heavy atom. The van der Waals surface area contributed by atoms with E-state index in [4.69, 9.17) is 4.74 Å². The Labute approximate surface area is 157 Å². The molecule has 2 heterocycles. The lowest BCUT2D eigenvalue weighted by Gasteiger charge is -2.12. The monoisotopic (exact) mass is 357 g/mol. The molecule has 0 atom stereocenters. The highest BCUT2D eigenvalue weighted by Gasteiger charge is 2.14. The molecule has 1 amide bonds. The second kappa shape index (κ2) is 6.96. The predicted octanol–water partition coefficient (Wildman–Crippen LogP) is 4.57. The molecule has 5 heteroatoms. The summed E-state index contributed by atoms with van der Waals surface area (Å²) >= 11 is 0. The van der Waals surface area contributed by atoms with E-state index in [0.29, 0.717) is 11.3 Å². The normalized spacial score (nSPS) is 10.7. The summed E-state index contributed by atoms with van der Waals surface area (Å²) in [5.74, 6) is 0.340. The third kappa shape index (κ3) is 3.27. The van der Waals surface area contributed by atoms with Crippen molar-refractivity contribution in [1.82, 2.24) is 9.38 Å². The van der Waals surface area contributed by atoms with Crippen LogP contribution in [-0.4, -0.2) is 22.4 Å². The molecule has 2 aromatic heterocycles. The number of rotatable bonds is 4. The Bertz CT molecular complexity index is 1100. The van der Waals surface area contributed by atoms with Gasteiger partial charge in [-0.05, 0) is 42.8 Å². The van der Waals surface area contributed by atoms with Gasteiger partial charge in [0, 0.05) is 23.6 Å². The number of pyridine rings is 1. The minimum atomic E-state index is -0.206. The van der Waals surface area contributed by atoms with Crippen molar-refractivity contribution in [2.75, 3.05) is 12.4 Å². The van der Waals surface area contributed by atoms with Crippen LogP contribution in [0.2, 0.25) is 0 Å². The van der Waals surface area contributed by atoms with Crippen LogP contribution in [0.5, 0.6) is 5.75 Å². The highest BCUT2D eigenvalue weighted by Crippen LogP contribution is 2.26. The Kier molecular flexibility index (Phi) is 4.34. The molecule has 0 saturated carbocycles. The van der Waals surface area contributed by atoms with Gasteiger partial charge in [-0.1, -0.05) is 30.3 Å². The molecule has 0 spiro atoms. The predicted molar refractivity (Wildman–Crippen MR) is 106 cm³/mol. The van der Waals surface area contributed by atoms with Gasteiger partial charge >= 0.3 is 0 Å². The third-order valence-corrected chi connectivity index (χ3v) is 4.50. The summed E-state index contributed by atoms with van der Waals surface area (Å²) in [6.45, 7) is 1.96. The van der Waals surface area contributed by atoms with E-state index < -0.39 is 0 Å². The first kappa shape index (κ1) is 16.8. The SMILES string of the molecule is COc1ccccc1C(=O)Nc1cc(-c2cn3ccccc3n2)ccc1C. The van der Waals surface area contributed by atoms with Gasteiger partial charge in [0.15, 0.2) is 0 Å². The Morgan fingerprint density at radius 3 is 2.70 bits per heavy atom. The average Bonchev–Trinajstić information content (AvgIpc) is 3.13. The molecule has 134 valence electrons. The van der Waals surface area contributed by atoms with Crippen LogP contribution in [0.3, 0.4) is 0 Å². The quantitative estimate of drug-likeness (QED) is 0.582. The maximum atomic E-state index is 12.7. The molecule has 0 aliphatic heterocycles. The van der Waals surface area contributed by atoms with E-state index in [1.165, 1.54) is 0 Å². The zero-order valence-electron chi connectivity index (χ0n) is 15.1. The molecule has 0 aliphatic carbocycles. The maximum Gasteiger partial charge on any atom is 0.259 e. The minimum Gasteiger partial charge on any atom is -0.496 e. The van der Waals surface area contributed by atoms with Gasteiger partial charge in [0.1, 0.15) is 11.4 Å². The van der Waals surface area contributed by atoms with Crippen molar-refractivity contribution < 1.29 is 9.53 Å². The highest BCUT2D eigenvalue weighted by molar-refractivity contribution is 6.06. The van der Waals surface area contributed by atoms with Gasteiger partial charge in [-0.15, -0.1) is 0 Å². The van der Waals surface area contributed by atoms with E-state index in [-0.39, 0.29) is 5.91 Å². The van der Waals surface area contributed by atoms with Crippen molar-refractivity contribution in [3.63, 3.8) is 0 Å². The number of hydrogen-bond acceptors (Lipinski definition) is 3. The van der Waals surface area contributed by atoms with Gasteiger partial charge in [-0.2, -0.15) is 0 Å². The molecule has 0 aliphatic rings. The Balaban J connectivity index is 1.67. The molecule has 0 radical (unpaired) electrons. The molecule has 4 rings (SSSR count). The summed E-state index contributed by atoms with van der Waals surface area (Å²) in [6, 6.07) is 19.0. The zero-order valence-corrected chi connectivity index (χ0v) is 15.1. The van der Waals surface area contributed by atoms with Crippen molar-refractivity contribution in [3.8, 4) is 17.0 Å². The van der Waals surface area contributed by atoms with Gasteiger partial charge in [-0.3, -0.25) is 4.79 Å². The standard InChI is InChI=1S/C22H19N3O2/c1-15-10-11-16(19-14-25-12-6-5-9-21(25)23-19)13-18(15)24-22(26)17-7-3-4-8-20(17)27-2/h3-14H,1-2H3,(H,24,26). The third-order valence-electron chi connectivity index (χ3n) is 4.50. The van der Waals surface area contributed by atoms with Crippen LogP contribution in [0.4, 0.5) is 5.69 Å². The van der Waals surface area contributed by atoms with Crippen LogP contribution < -0.4 is 10.1 Å². The van der Waals surface area contributed by atoms with Crippen LogP contribution in [-0.2, 0) is 0 Å². The van der Waals surface area contributed by atoms with E-state index in [0.717, 1.165) is 28.2 Å². The van der Waals surface area contributed by atoms with Crippen LogP contribution >= 0.6 is 0 Å². The zero-order chi connectivity index (χ0) is 18.8. The number of benzene rings is 2. The second-order valence-corrected chi connectivity index (χ2v) is 6.28. The molecule has 0 saturated heterocycles. The number of amides is 1. The number of carbonyl (C=O) groups excluding carboxylic acids is 1. The number of aryl methyl sites for hydroxylation is 1. The van der Waals surface area contributed by atoms with Crippen molar-refractivity contribution in [3.05, 3.63) is 84.2 Å². The molecule has 2 aromatic carbocycles. The number of hydrogen-bond donors (Lipinski definition) is 1. The van der Waals surface area contributed by atoms with E-state index >= 15 is 0 Å². The molecule has 0 bridgehead atoms. The van der Waals surface area contributed by atoms with Crippen LogP contribution in [0.1, 0.15) is 15.9 Å². The summed E-state index contributed by atoms with van der Waals surface area (Å²) in [4.78, 5) is 17.4. The first-order valence-electron chi connectivity index (χ1n) is 8.65. The van der Waals surface area contributed by atoms with E-state index in [9.17, 15) is 4.79 Å². The molecule has 4 aromatic rings. The number of anilines is 1. The summed E-state index contributed by atoms with van der Waals surface area (Å²) < 4.78 is 7.26. The molecule has 0 fully saturated rings. The number of nitrogens with one attached hydrogen (secondary N) is 1. The molecule has 27 heavy (non-hydrogen) atoms.